The second kappa shape index (κ2) is 10.6. The van der Waals surface area contributed by atoms with E-state index in [-0.39, 0.29) is 12.1 Å². The lowest BCUT2D eigenvalue weighted by atomic mass is 10.0. The fraction of sp³-hybridized carbons (Fsp3) is 0.125. The normalized spacial score (nSPS) is 16.8. The molecule has 194 valence electrons. The van der Waals surface area contributed by atoms with Crippen LogP contribution in [-0.4, -0.2) is 10.1 Å². The summed E-state index contributed by atoms with van der Waals surface area (Å²) < 4.78 is 12.6. The maximum absolute atomic E-state index is 6.50. The number of aromatic nitrogens is 1. The Hall–Kier alpha value is -4.13. The monoisotopic (exact) mass is 551 g/mol. The van der Waals surface area contributed by atoms with E-state index in [1.165, 1.54) is 0 Å². The molecule has 5 nitrogen and oxygen atoms in total. The number of rotatable bonds is 6. The van der Waals surface area contributed by atoms with Gasteiger partial charge in [-0.2, -0.15) is 0 Å². The van der Waals surface area contributed by atoms with E-state index in [2.05, 4.69) is 15.2 Å². The topological polar surface area (TPSA) is 50.5 Å². The molecule has 1 saturated heterocycles. The molecule has 0 bridgehead atoms. The molecule has 0 amide bonds. The summed E-state index contributed by atoms with van der Waals surface area (Å²) in [6.45, 7) is 4.03. The zero-order chi connectivity index (χ0) is 26.9. The second-order valence-corrected chi connectivity index (χ2v) is 10.3. The highest BCUT2D eigenvalue weighted by Crippen LogP contribution is 2.43. The van der Waals surface area contributed by atoms with Crippen LogP contribution in [0.5, 0.6) is 11.5 Å². The third-order valence-electron chi connectivity index (χ3n) is 6.99. The Balaban J connectivity index is 1.37. The molecular weight excluding hydrogens is 526 g/mol. The van der Waals surface area contributed by atoms with Gasteiger partial charge in [0.25, 0.3) is 0 Å². The van der Waals surface area contributed by atoms with E-state index < -0.39 is 0 Å². The summed E-state index contributed by atoms with van der Waals surface area (Å²) in [5, 5.41) is 4.78. The molecular formula is C32H26ClN3O2S. The summed E-state index contributed by atoms with van der Waals surface area (Å²) in [5.41, 5.74) is 4.81. The lowest BCUT2D eigenvalue weighted by molar-refractivity contribution is 0.439. The average Bonchev–Trinajstić information content (AvgIpc) is 3.57. The van der Waals surface area contributed by atoms with E-state index in [1.807, 2.05) is 111 Å². The number of para-hydroxylation sites is 1. The van der Waals surface area contributed by atoms with Crippen LogP contribution in [0.25, 0.3) is 11.3 Å². The Labute approximate surface area is 238 Å². The van der Waals surface area contributed by atoms with Crippen molar-refractivity contribution in [2.75, 3.05) is 4.90 Å². The number of hydrogen-bond acceptors (Lipinski definition) is 4. The zero-order valence-corrected chi connectivity index (χ0v) is 23.0. The standard InChI is InChI=1S/C32H26ClN3O2S/c1-20-8-3-4-12-27(20)37-23-15-13-22(14-16-23)36-31(30(35-32(36)39)26-11-5-6-19-34-26)29-18-17-28(38-29)24-9-7-10-25(33)21(24)2/h3-19,30-31H,1-2H3,(H,35,39)/t30-,31+/m1/s1. The fourth-order valence-electron chi connectivity index (χ4n) is 4.93. The molecule has 3 heterocycles. The Morgan fingerprint density at radius 2 is 1.69 bits per heavy atom. The number of aryl methyl sites for hydroxylation is 1. The van der Waals surface area contributed by atoms with Gasteiger partial charge in [0.15, 0.2) is 5.11 Å². The van der Waals surface area contributed by atoms with Crippen LogP contribution in [0.15, 0.2) is 108 Å². The molecule has 0 spiro atoms. The van der Waals surface area contributed by atoms with E-state index in [9.17, 15) is 0 Å². The van der Waals surface area contributed by atoms with Crippen molar-refractivity contribution in [3.63, 3.8) is 0 Å². The SMILES string of the molecule is Cc1ccccc1Oc1ccc(N2C(=S)N[C@H](c3ccccn3)[C@@H]2c2ccc(-c3cccc(Cl)c3C)o2)cc1. The zero-order valence-electron chi connectivity index (χ0n) is 21.5. The van der Waals surface area contributed by atoms with Gasteiger partial charge in [-0.3, -0.25) is 4.98 Å². The van der Waals surface area contributed by atoms with Gasteiger partial charge in [-0.15, -0.1) is 0 Å². The number of pyridine rings is 1. The average molecular weight is 552 g/mol. The van der Waals surface area contributed by atoms with Gasteiger partial charge in [-0.05, 0) is 97.9 Å². The van der Waals surface area contributed by atoms with Gasteiger partial charge in [0.2, 0.25) is 0 Å². The summed E-state index contributed by atoms with van der Waals surface area (Å²) >= 11 is 12.3. The predicted molar refractivity (Wildman–Crippen MR) is 160 cm³/mol. The van der Waals surface area contributed by atoms with Crippen LogP contribution >= 0.6 is 23.8 Å². The van der Waals surface area contributed by atoms with E-state index in [4.69, 9.17) is 33.0 Å². The molecule has 3 aromatic carbocycles. The van der Waals surface area contributed by atoms with Crippen molar-refractivity contribution in [3.8, 4) is 22.8 Å². The third kappa shape index (κ3) is 4.89. The first-order valence-corrected chi connectivity index (χ1v) is 13.5. The lowest BCUT2D eigenvalue weighted by Gasteiger charge is -2.26. The van der Waals surface area contributed by atoms with Crippen LogP contribution in [0.1, 0.15) is 34.7 Å². The van der Waals surface area contributed by atoms with Gasteiger partial charge in [0.1, 0.15) is 29.1 Å². The fourth-order valence-corrected chi connectivity index (χ4v) is 5.45. The van der Waals surface area contributed by atoms with Crippen molar-refractivity contribution in [1.82, 2.24) is 10.3 Å². The number of nitrogens with zero attached hydrogens (tertiary/aromatic N) is 2. The Kier molecular flexibility index (Phi) is 6.81. The molecule has 39 heavy (non-hydrogen) atoms. The van der Waals surface area contributed by atoms with Crippen molar-refractivity contribution in [1.29, 1.82) is 0 Å². The maximum Gasteiger partial charge on any atom is 0.174 e. The number of benzene rings is 3. The second-order valence-electron chi connectivity index (χ2n) is 9.47. The van der Waals surface area contributed by atoms with E-state index in [0.717, 1.165) is 51.1 Å². The summed E-state index contributed by atoms with van der Waals surface area (Å²) in [5.74, 6) is 3.11. The number of anilines is 1. The number of thiocarbonyl (C=S) groups is 1. The van der Waals surface area contributed by atoms with Crippen molar-refractivity contribution in [3.05, 3.63) is 131 Å². The molecule has 6 rings (SSSR count). The van der Waals surface area contributed by atoms with Crippen LogP contribution in [-0.2, 0) is 0 Å². The molecule has 2 atom stereocenters. The van der Waals surface area contributed by atoms with Crippen molar-refractivity contribution >= 4 is 34.6 Å². The van der Waals surface area contributed by atoms with Gasteiger partial charge in [-0.25, -0.2) is 0 Å². The minimum atomic E-state index is -0.260. The summed E-state index contributed by atoms with van der Waals surface area (Å²) in [4.78, 5) is 6.71. The highest BCUT2D eigenvalue weighted by atomic mass is 35.5. The summed E-state index contributed by atoms with van der Waals surface area (Å²) in [6, 6.07) is 31.2. The van der Waals surface area contributed by atoms with Crippen LogP contribution in [0.3, 0.4) is 0 Å². The van der Waals surface area contributed by atoms with Gasteiger partial charge in [-0.1, -0.05) is 48.0 Å². The first-order chi connectivity index (χ1) is 19.0. The van der Waals surface area contributed by atoms with Gasteiger partial charge >= 0.3 is 0 Å². The van der Waals surface area contributed by atoms with E-state index in [1.54, 1.807) is 6.20 Å². The van der Waals surface area contributed by atoms with Crippen molar-refractivity contribution in [2.24, 2.45) is 0 Å². The van der Waals surface area contributed by atoms with E-state index in [0.29, 0.717) is 10.1 Å². The predicted octanol–water partition coefficient (Wildman–Crippen LogP) is 8.58. The highest BCUT2D eigenvalue weighted by Gasteiger charge is 2.42. The largest absolute Gasteiger partial charge is 0.459 e. The Morgan fingerprint density at radius 3 is 2.46 bits per heavy atom. The number of ether oxygens (including phenoxy) is 1. The summed E-state index contributed by atoms with van der Waals surface area (Å²) in [7, 11) is 0. The molecule has 0 aliphatic carbocycles. The van der Waals surface area contributed by atoms with Crippen LogP contribution in [0, 0.1) is 13.8 Å². The first kappa shape index (κ1) is 25.2. The lowest BCUT2D eigenvalue weighted by Crippen LogP contribution is -2.29. The number of halogens is 1. The quantitative estimate of drug-likeness (QED) is 0.213. The first-order valence-electron chi connectivity index (χ1n) is 12.7. The molecule has 1 aliphatic heterocycles. The minimum Gasteiger partial charge on any atom is -0.459 e. The number of hydrogen-bond donors (Lipinski definition) is 1. The molecule has 1 N–H and O–H groups in total. The van der Waals surface area contributed by atoms with Gasteiger partial charge in [0, 0.05) is 22.5 Å². The smallest absolute Gasteiger partial charge is 0.174 e. The third-order valence-corrected chi connectivity index (χ3v) is 7.71. The van der Waals surface area contributed by atoms with Crippen LogP contribution in [0.2, 0.25) is 5.02 Å². The van der Waals surface area contributed by atoms with Crippen molar-refractivity contribution < 1.29 is 9.15 Å². The van der Waals surface area contributed by atoms with E-state index >= 15 is 0 Å². The highest BCUT2D eigenvalue weighted by molar-refractivity contribution is 7.80. The van der Waals surface area contributed by atoms with Crippen molar-refractivity contribution in [2.45, 2.75) is 25.9 Å². The van der Waals surface area contributed by atoms with Gasteiger partial charge in [0.05, 0.1) is 11.7 Å². The molecule has 0 unspecified atom stereocenters. The molecule has 2 aromatic heterocycles. The van der Waals surface area contributed by atoms with Crippen LogP contribution in [0.4, 0.5) is 5.69 Å². The molecule has 7 heteroatoms. The maximum atomic E-state index is 6.50. The molecule has 1 aliphatic rings. The minimum absolute atomic E-state index is 0.207. The molecule has 5 aromatic rings. The Morgan fingerprint density at radius 1 is 0.897 bits per heavy atom. The molecule has 0 saturated carbocycles. The number of furan rings is 1. The van der Waals surface area contributed by atoms with Gasteiger partial charge < -0.3 is 19.4 Å². The summed E-state index contributed by atoms with van der Waals surface area (Å²) in [6.07, 6.45) is 1.79. The number of nitrogens with one attached hydrogen (secondary N) is 1. The van der Waals surface area contributed by atoms with Crippen LogP contribution < -0.4 is 15.0 Å². The Bertz CT molecular complexity index is 1640. The molecule has 1 fully saturated rings. The molecule has 0 radical (unpaired) electrons.